The summed E-state index contributed by atoms with van der Waals surface area (Å²) >= 11 is 1.33. The average molecular weight is 500 g/mol. The fraction of sp³-hybridized carbons (Fsp3) is 0.333. The van der Waals surface area contributed by atoms with E-state index in [1.54, 1.807) is 11.7 Å². The number of thiazole rings is 1. The predicted molar refractivity (Wildman–Crippen MR) is 130 cm³/mol. The second kappa shape index (κ2) is 9.72. The molecule has 1 fully saturated rings. The number of para-hydroxylation sites is 1. The van der Waals surface area contributed by atoms with Crippen molar-refractivity contribution in [2.24, 2.45) is 4.99 Å². The van der Waals surface area contributed by atoms with Crippen LogP contribution in [-0.4, -0.2) is 55.6 Å². The molecule has 1 aliphatic rings. The number of hydrogen-bond acceptors (Lipinski definition) is 6. The van der Waals surface area contributed by atoms with Gasteiger partial charge in [0.25, 0.3) is 5.91 Å². The van der Waals surface area contributed by atoms with Gasteiger partial charge in [-0.25, -0.2) is 8.42 Å². The predicted octanol–water partition coefficient (Wildman–Crippen LogP) is 2.88. The van der Waals surface area contributed by atoms with Crippen molar-refractivity contribution >= 4 is 37.5 Å². The van der Waals surface area contributed by atoms with Gasteiger partial charge in [0.15, 0.2) is 4.80 Å². The lowest BCUT2D eigenvalue weighted by Gasteiger charge is -2.34. The van der Waals surface area contributed by atoms with Crippen LogP contribution in [0.5, 0.6) is 5.75 Å². The zero-order chi connectivity index (χ0) is 24.5. The summed E-state index contributed by atoms with van der Waals surface area (Å²) in [5.74, 6) is 2.74. The molecule has 2 aromatic carbocycles. The van der Waals surface area contributed by atoms with Gasteiger partial charge in [-0.05, 0) is 50.2 Å². The highest BCUT2D eigenvalue weighted by Crippen LogP contribution is 2.27. The van der Waals surface area contributed by atoms with E-state index in [4.69, 9.17) is 15.9 Å². The van der Waals surface area contributed by atoms with Crippen LogP contribution in [0.2, 0.25) is 0 Å². The lowest BCUT2D eigenvalue weighted by Crippen LogP contribution is -2.48. The molecule has 4 rings (SSSR count). The first-order valence-electron chi connectivity index (χ1n) is 10.7. The third kappa shape index (κ3) is 4.65. The van der Waals surface area contributed by atoms with E-state index in [1.807, 2.05) is 32.0 Å². The molecule has 0 saturated carbocycles. The molecule has 0 N–H and O–H groups in total. The van der Waals surface area contributed by atoms with Gasteiger partial charge < -0.3 is 14.0 Å². The van der Waals surface area contributed by atoms with Gasteiger partial charge >= 0.3 is 0 Å². The van der Waals surface area contributed by atoms with Crippen molar-refractivity contribution in [1.82, 2.24) is 8.87 Å². The van der Waals surface area contributed by atoms with E-state index < -0.39 is 15.9 Å². The Kier molecular flexibility index (Phi) is 6.91. The number of rotatable bonds is 5. The number of methoxy groups -OCH3 is 1. The van der Waals surface area contributed by atoms with Crippen LogP contribution in [0.25, 0.3) is 10.2 Å². The van der Waals surface area contributed by atoms with Crippen molar-refractivity contribution in [3.63, 3.8) is 0 Å². The molecule has 3 aromatic rings. The van der Waals surface area contributed by atoms with Crippen molar-refractivity contribution in [3.8, 4) is 18.1 Å². The van der Waals surface area contributed by atoms with Gasteiger partial charge in [0.2, 0.25) is 10.0 Å². The second-order valence-electron chi connectivity index (χ2n) is 8.00. The molecule has 2 atom stereocenters. The van der Waals surface area contributed by atoms with Crippen LogP contribution in [0.1, 0.15) is 24.2 Å². The average Bonchev–Trinajstić information content (AvgIpc) is 3.15. The Hall–Kier alpha value is -2.97. The van der Waals surface area contributed by atoms with E-state index >= 15 is 0 Å². The monoisotopic (exact) mass is 499 g/mol. The van der Waals surface area contributed by atoms with Crippen LogP contribution < -0.4 is 9.54 Å². The fourth-order valence-corrected chi connectivity index (χ4v) is 6.62. The standard InChI is InChI=1S/C24H25N3O5S2/c1-5-13-27-22-20(31-4)7-6-8-21(22)33-24(27)25-23(28)18-9-11-19(12-10-18)34(29,30)26-14-16(2)32-17(3)15-26/h1,6-12,16-17H,13-15H2,2-4H3/t16-,17-/m1/s1. The van der Waals surface area contributed by atoms with Crippen molar-refractivity contribution in [2.75, 3.05) is 20.2 Å². The number of hydrogen-bond donors (Lipinski definition) is 0. The first-order valence-corrected chi connectivity index (χ1v) is 12.9. The molecule has 10 heteroatoms. The molecule has 0 spiro atoms. The summed E-state index contributed by atoms with van der Waals surface area (Å²) in [7, 11) is -2.12. The largest absolute Gasteiger partial charge is 0.495 e. The van der Waals surface area contributed by atoms with E-state index in [9.17, 15) is 13.2 Å². The zero-order valence-electron chi connectivity index (χ0n) is 19.1. The maximum atomic E-state index is 13.1. The van der Waals surface area contributed by atoms with E-state index in [2.05, 4.69) is 10.9 Å². The maximum Gasteiger partial charge on any atom is 0.279 e. The Morgan fingerprint density at radius 1 is 1.21 bits per heavy atom. The molecule has 0 aliphatic carbocycles. The number of carbonyl (C=O) groups is 1. The Labute approximate surface area is 202 Å². The van der Waals surface area contributed by atoms with Crippen LogP contribution in [0.4, 0.5) is 0 Å². The number of fused-ring (bicyclic) bond motifs is 1. The fourth-order valence-electron chi connectivity index (χ4n) is 3.98. The van der Waals surface area contributed by atoms with Crippen LogP contribution in [-0.2, 0) is 21.3 Å². The highest BCUT2D eigenvalue weighted by Gasteiger charge is 2.32. The summed E-state index contributed by atoms with van der Waals surface area (Å²) in [5.41, 5.74) is 1.05. The van der Waals surface area contributed by atoms with Crippen LogP contribution >= 0.6 is 11.3 Å². The summed E-state index contributed by atoms with van der Waals surface area (Å²) in [5, 5.41) is 0. The van der Waals surface area contributed by atoms with Gasteiger partial charge in [-0.3, -0.25) is 4.79 Å². The van der Waals surface area contributed by atoms with Crippen molar-refractivity contribution in [3.05, 3.63) is 52.8 Å². The number of nitrogens with zero attached hydrogens (tertiary/aromatic N) is 3. The number of amides is 1. The number of morpholine rings is 1. The highest BCUT2D eigenvalue weighted by molar-refractivity contribution is 7.89. The molecule has 0 unspecified atom stereocenters. The smallest absolute Gasteiger partial charge is 0.279 e. The zero-order valence-corrected chi connectivity index (χ0v) is 20.7. The molecule has 0 bridgehead atoms. The minimum Gasteiger partial charge on any atom is -0.495 e. The van der Waals surface area contributed by atoms with Gasteiger partial charge in [0.05, 0.1) is 35.5 Å². The van der Waals surface area contributed by atoms with Crippen molar-refractivity contribution in [2.45, 2.75) is 37.5 Å². The van der Waals surface area contributed by atoms with Crippen LogP contribution in [0.3, 0.4) is 0 Å². The molecule has 0 radical (unpaired) electrons. The third-order valence-electron chi connectivity index (χ3n) is 5.46. The normalized spacial score (nSPS) is 19.8. The van der Waals surface area contributed by atoms with Gasteiger partial charge in [0.1, 0.15) is 11.3 Å². The summed E-state index contributed by atoms with van der Waals surface area (Å²) in [4.78, 5) is 17.8. The van der Waals surface area contributed by atoms with E-state index in [0.717, 1.165) is 10.2 Å². The Bertz CT molecular complexity index is 1420. The number of sulfonamides is 1. The molecule has 1 aliphatic heterocycles. The quantitative estimate of drug-likeness (QED) is 0.504. The SMILES string of the molecule is C#CCn1c(=NC(=O)c2ccc(S(=O)(=O)N3C[C@@H](C)O[C@H](C)C3)cc2)sc2cccc(OC)c21. The Morgan fingerprint density at radius 2 is 1.88 bits per heavy atom. The first-order chi connectivity index (χ1) is 16.2. The summed E-state index contributed by atoms with van der Waals surface area (Å²) < 4.78 is 41.3. The molecule has 8 nitrogen and oxygen atoms in total. The lowest BCUT2D eigenvalue weighted by molar-refractivity contribution is -0.0440. The van der Waals surface area contributed by atoms with E-state index in [1.165, 1.54) is 39.9 Å². The van der Waals surface area contributed by atoms with Crippen molar-refractivity contribution in [1.29, 1.82) is 0 Å². The van der Waals surface area contributed by atoms with Crippen LogP contribution in [0, 0.1) is 12.3 Å². The molecular formula is C24H25N3O5S2. The molecule has 34 heavy (non-hydrogen) atoms. The lowest BCUT2D eigenvalue weighted by atomic mass is 10.2. The Balaban J connectivity index is 1.66. The van der Waals surface area contributed by atoms with Crippen molar-refractivity contribution < 1.29 is 22.7 Å². The molecule has 1 saturated heterocycles. The maximum absolute atomic E-state index is 13.1. The number of ether oxygens (including phenoxy) is 2. The number of terminal acetylenes is 1. The summed E-state index contributed by atoms with van der Waals surface area (Å²) in [6.07, 6.45) is 5.17. The highest BCUT2D eigenvalue weighted by atomic mass is 32.2. The number of aromatic nitrogens is 1. The minimum atomic E-state index is -3.69. The van der Waals surface area contributed by atoms with Gasteiger partial charge in [-0.15, -0.1) is 6.42 Å². The molecule has 178 valence electrons. The van der Waals surface area contributed by atoms with Crippen LogP contribution in [0.15, 0.2) is 52.4 Å². The van der Waals surface area contributed by atoms with Gasteiger partial charge in [0, 0.05) is 18.7 Å². The third-order valence-corrected chi connectivity index (χ3v) is 8.35. The molecule has 2 heterocycles. The van der Waals surface area contributed by atoms with E-state index in [0.29, 0.717) is 10.6 Å². The summed E-state index contributed by atoms with van der Waals surface area (Å²) in [6.45, 7) is 4.48. The van der Waals surface area contributed by atoms with Gasteiger partial charge in [-0.1, -0.05) is 23.3 Å². The minimum absolute atomic E-state index is 0.124. The molecular weight excluding hydrogens is 474 g/mol. The topological polar surface area (TPSA) is 90.2 Å². The summed E-state index contributed by atoms with van der Waals surface area (Å²) in [6, 6.07) is 11.4. The molecule has 1 aromatic heterocycles. The Morgan fingerprint density at radius 3 is 2.50 bits per heavy atom. The number of carbonyl (C=O) groups excluding carboxylic acids is 1. The first kappa shape index (κ1) is 24.2. The second-order valence-corrected chi connectivity index (χ2v) is 10.9. The number of benzene rings is 2. The molecule has 1 amide bonds. The van der Waals surface area contributed by atoms with Gasteiger partial charge in [-0.2, -0.15) is 9.30 Å². The van der Waals surface area contributed by atoms with E-state index in [-0.39, 0.29) is 42.3 Å².